The molecule has 0 amide bonds. The Hall–Kier alpha value is -2.28. The summed E-state index contributed by atoms with van der Waals surface area (Å²) in [6.45, 7) is 2.33. The van der Waals surface area contributed by atoms with Crippen molar-refractivity contribution in [1.29, 1.82) is 5.41 Å². The molecule has 2 rings (SSSR count). The summed E-state index contributed by atoms with van der Waals surface area (Å²) < 4.78 is -0.0329. The van der Waals surface area contributed by atoms with Gasteiger partial charge in [-0.15, -0.1) is 0 Å². The Kier molecular flexibility index (Phi) is 4.64. The van der Waals surface area contributed by atoms with Crippen LogP contribution < -0.4 is 5.32 Å². The number of aromatic nitrogens is 1. The van der Waals surface area contributed by atoms with Crippen LogP contribution in [0.4, 0.5) is 11.4 Å². The highest BCUT2D eigenvalue weighted by molar-refractivity contribution is 9.18. The van der Waals surface area contributed by atoms with Gasteiger partial charge in [0.05, 0.1) is 22.8 Å². The third-order valence-corrected chi connectivity index (χ3v) is 3.26. The van der Waals surface area contributed by atoms with Crippen molar-refractivity contribution in [3.63, 3.8) is 0 Å². The summed E-state index contributed by atoms with van der Waals surface area (Å²) in [4.78, 5) is 14.9. The molecular formula is C14H13BrN4O2. The van der Waals surface area contributed by atoms with Crippen LogP contribution in [-0.2, 0) is 6.54 Å². The molecule has 7 heteroatoms. The van der Waals surface area contributed by atoms with E-state index >= 15 is 0 Å². The van der Waals surface area contributed by atoms with E-state index in [4.69, 9.17) is 5.41 Å². The maximum absolute atomic E-state index is 11.0. The molecule has 0 saturated carbocycles. The lowest BCUT2D eigenvalue weighted by molar-refractivity contribution is -0.384. The molecule has 0 saturated heterocycles. The van der Waals surface area contributed by atoms with Gasteiger partial charge in [-0.05, 0) is 41.1 Å². The van der Waals surface area contributed by atoms with Crippen molar-refractivity contribution in [2.24, 2.45) is 0 Å². The van der Waals surface area contributed by atoms with Crippen molar-refractivity contribution < 1.29 is 4.92 Å². The zero-order valence-electron chi connectivity index (χ0n) is 11.3. The van der Waals surface area contributed by atoms with Crippen LogP contribution in [0.1, 0.15) is 17.0 Å². The van der Waals surface area contributed by atoms with Crippen LogP contribution in [0, 0.1) is 22.4 Å². The van der Waals surface area contributed by atoms with Gasteiger partial charge in [0, 0.05) is 11.8 Å². The first-order valence-corrected chi connectivity index (χ1v) is 6.96. The number of nitrogens with zero attached hydrogens (tertiary/aromatic N) is 2. The number of hydrogen-bond donors (Lipinski definition) is 2. The van der Waals surface area contributed by atoms with Gasteiger partial charge >= 0.3 is 0 Å². The highest BCUT2D eigenvalue weighted by Gasteiger charge is 2.19. The predicted molar refractivity (Wildman–Crippen MR) is 85.2 cm³/mol. The lowest BCUT2D eigenvalue weighted by Gasteiger charge is -2.11. The number of hydrogen-bond acceptors (Lipinski definition) is 5. The molecule has 0 atom stereocenters. The van der Waals surface area contributed by atoms with E-state index in [-0.39, 0.29) is 15.9 Å². The van der Waals surface area contributed by atoms with Crippen LogP contribution in [0.3, 0.4) is 0 Å². The molecule has 1 aromatic heterocycles. The van der Waals surface area contributed by atoms with E-state index in [2.05, 4.69) is 26.2 Å². The molecule has 0 unspecified atom stereocenters. The first kappa shape index (κ1) is 15.1. The minimum absolute atomic E-state index is 0.0329. The molecule has 0 spiro atoms. The molecular weight excluding hydrogens is 336 g/mol. The van der Waals surface area contributed by atoms with Crippen LogP contribution in [0.15, 0.2) is 36.4 Å². The summed E-state index contributed by atoms with van der Waals surface area (Å²) in [5.74, 6) is 0. The van der Waals surface area contributed by atoms with Gasteiger partial charge in [0.1, 0.15) is 10.2 Å². The van der Waals surface area contributed by atoms with Crippen LogP contribution in [0.5, 0.6) is 0 Å². The Morgan fingerprint density at radius 2 is 2.10 bits per heavy atom. The van der Waals surface area contributed by atoms with Gasteiger partial charge in [-0.3, -0.25) is 20.5 Å². The van der Waals surface area contributed by atoms with Gasteiger partial charge in [-0.25, -0.2) is 0 Å². The summed E-state index contributed by atoms with van der Waals surface area (Å²) in [6, 6.07) is 10.3. The van der Waals surface area contributed by atoms with E-state index in [1.165, 1.54) is 6.07 Å². The third kappa shape index (κ3) is 3.63. The minimum atomic E-state index is -0.499. The quantitative estimate of drug-likeness (QED) is 0.490. The molecule has 0 fully saturated rings. The molecule has 2 aromatic rings. The Morgan fingerprint density at radius 3 is 2.71 bits per heavy atom. The van der Waals surface area contributed by atoms with E-state index < -0.39 is 4.92 Å². The second-order valence-corrected chi connectivity index (χ2v) is 5.19. The first-order valence-electron chi connectivity index (χ1n) is 6.17. The number of anilines is 1. The third-order valence-electron chi connectivity index (χ3n) is 2.86. The van der Waals surface area contributed by atoms with Crippen LogP contribution in [0.2, 0.25) is 0 Å². The lowest BCUT2D eigenvalue weighted by atomic mass is 10.1. The standard InChI is InChI=1S/C14H13BrN4O2/c1-9-4-2-5-10(18-9)8-17-11-6-3-7-12(19(20)21)13(11)14(15)16/h2-7,16-17H,8H2,1H3. The molecule has 2 N–H and O–H groups in total. The van der Waals surface area contributed by atoms with Gasteiger partial charge in [0.15, 0.2) is 0 Å². The maximum Gasteiger partial charge on any atom is 0.281 e. The van der Waals surface area contributed by atoms with Crippen molar-refractivity contribution in [1.82, 2.24) is 4.98 Å². The number of halogens is 1. The van der Waals surface area contributed by atoms with Gasteiger partial charge in [0.25, 0.3) is 5.69 Å². The van der Waals surface area contributed by atoms with E-state index in [9.17, 15) is 10.1 Å². The number of pyridine rings is 1. The molecule has 0 aliphatic carbocycles. The molecule has 0 radical (unpaired) electrons. The summed E-state index contributed by atoms with van der Waals surface area (Å²) >= 11 is 3.01. The second kappa shape index (κ2) is 6.45. The predicted octanol–water partition coefficient (Wildman–Crippen LogP) is 3.63. The average molecular weight is 349 g/mol. The first-order chi connectivity index (χ1) is 9.99. The fourth-order valence-corrected chi connectivity index (χ4v) is 2.37. The van der Waals surface area contributed by atoms with E-state index in [0.717, 1.165) is 11.4 Å². The number of nitrogens with one attached hydrogen (secondary N) is 2. The van der Waals surface area contributed by atoms with Gasteiger partial charge < -0.3 is 5.32 Å². The normalized spacial score (nSPS) is 10.2. The molecule has 0 aliphatic rings. The van der Waals surface area contributed by atoms with E-state index in [1.807, 2.05) is 25.1 Å². The van der Waals surface area contributed by atoms with Crippen LogP contribution in [0.25, 0.3) is 0 Å². The Labute approximate surface area is 130 Å². The van der Waals surface area contributed by atoms with Crippen molar-refractivity contribution in [2.75, 3.05) is 5.32 Å². The summed E-state index contributed by atoms with van der Waals surface area (Å²) in [6.07, 6.45) is 0. The topological polar surface area (TPSA) is 91.9 Å². The van der Waals surface area contributed by atoms with Crippen LogP contribution >= 0.6 is 15.9 Å². The zero-order chi connectivity index (χ0) is 15.4. The van der Waals surface area contributed by atoms with E-state index in [1.54, 1.807) is 12.1 Å². The highest BCUT2D eigenvalue weighted by Crippen LogP contribution is 2.28. The fraction of sp³-hybridized carbons (Fsp3) is 0.143. The summed E-state index contributed by atoms with van der Waals surface area (Å²) in [5.41, 5.74) is 2.37. The largest absolute Gasteiger partial charge is 0.379 e. The van der Waals surface area contributed by atoms with Crippen molar-refractivity contribution in [2.45, 2.75) is 13.5 Å². The van der Waals surface area contributed by atoms with Gasteiger partial charge in [0.2, 0.25) is 0 Å². The summed E-state index contributed by atoms with van der Waals surface area (Å²) in [5, 5.41) is 21.8. The fourth-order valence-electron chi connectivity index (χ4n) is 1.95. The molecule has 0 aliphatic heterocycles. The Morgan fingerprint density at radius 1 is 1.38 bits per heavy atom. The SMILES string of the molecule is Cc1cccc(CNc2cccc([N+](=O)[O-])c2C(=N)Br)n1. The van der Waals surface area contributed by atoms with Gasteiger partial charge in [-0.2, -0.15) is 0 Å². The number of nitro benzene ring substituents is 1. The number of rotatable bonds is 5. The van der Waals surface area contributed by atoms with Gasteiger partial charge in [-0.1, -0.05) is 12.1 Å². The zero-order valence-corrected chi connectivity index (χ0v) is 12.8. The maximum atomic E-state index is 11.0. The van der Waals surface area contributed by atoms with Crippen molar-refractivity contribution in [3.8, 4) is 0 Å². The average Bonchev–Trinajstić information content (AvgIpc) is 2.44. The highest BCUT2D eigenvalue weighted by atomic mass is 79.9. The smallest absolute Gasteiger partial charge is 0.281 e. The Balaban J connectivity index is 2.30. The molecule has 1 aromatic carbocycles. The lowest BCUT2D eigenvalue weighted by Crippen LogP contribution is -2.07. The minimum Gasteiger partial charge on any atom is -0.379 e. The monoisotopic (exact) mass is 348 g/mol. The molecule has 21 heavy (non-hydrogen) atoms. The number of nitro groups is 1. The molecule has 6 nitrogen and oxygen atoms in total. The van der Waals surface area contributed by atoms with Crippen LogP contribution in [-0.4, -0.2) is 14.5 Å². The van der Waals surface area contributed by atoms with Crippen molar-refractivity contribution >= 4 is 31.9 Å². The number of benzene rings is 1. The molecule has 1 heterocycles. The number of aryl methyl sites for hydroxylation is 1. The molecule has 108 valence electrons. The van der Waals surface area contributed by atoms with E-state index in [0.29, 0.717) is 12.2 Å². The van der Waals surface area contributed by atoms with Crippen molar-refractivity contribution in [3.05, 3.63) is 63.5 Å². The summed E-state index contributed by atoms with van der Waals surface area (Å²) in [7, 11) is 0. The Bertz CT molecular complexity index is 703. The molecule has 0 bridgehead atoms. The second-order valence-electron chi connectivity index (χ2n) is 4.39.